The van der Waals surface area contributed by atoms with Crippen molar-refractivity contribution in [2.24, 2.45) is 0 Å². The molecule has 2 rings (SSSR count). The summed E-state index contributed by atoms with van der Waals surface area (Å²) in [6.07, 6.45) is 1.71. The van der Waals surface area contributed by atoms with E-state index in [0.29, 0.717) is 21.3 Å². The Morgan fingerprint density at radius 2 is 2.00 bits per heavy atom. The lowest BCUT2D eigenvalue weighted by atomic mass is 10.1. The maximum Gasteiger partial charge on any atom is 0.121 e. The molecule has 78 valence electrons. The van der Waals surface area contributed by atoms with Crippen LogP contribution in [0.4, 0.5) is 0 Å². The van der Waals surface area contributed by atoms with Gasteiger partial charge in [0.25, 0.3) is 0 Å². The van der Waals surface area contributed by atoms with E-state index in [9.17, 15) is 0 Å². The summed E-state index contributed by atoms with van der Waals surface area (Å²) in [6, 6.07) is 3.56. The molecule has 0 amide bonds. The van der Waals surface area contributed by atoms with Crippen molar-refractivity contribution in [3.8, 4) is 5.75 Å². The molecule has 0 radical (unpaired) electrons. The predicted molar refractivity (Wildman–Crippen MR) is 63.1 cm³/mol. The molecule has 2 aromatic rings. The molecule has 0 saturated heterocycles. The van der Waals surface area contributed by atoms with Gasteiger partial charge in [0.05, 0.1) is 22.7 Å². The Labute approximate surface area is 97.8 Å². The van der Waals surface area contributed by atoms with Crippen LogP contribution in [0, 0.1) is 6.92 Å². The first-order valence-corrected chi connectivity index (χ1v) is 5.17. The summed E-state index contributed by atoms with van der Waals surface area (Å²) >= 11 is 12.2. The fourth-order valence-electron chi connectivity index (χ4n) is 1.42. The van der Waals surface area contributed by atoms with E-state index in [0.717, 1.165) is 10.9 Å². The standard InChI is InChI=1S/C11H9Cl2NO/c1-6-5-14-11-8(10(6)13)3-7(15-2)4-9(11)12/h3-5H,1-2H3. The number of methoxy groups -OCH3 is 1. The first-order valence-electron chi connectivity index (χ1n) is 4.42. The average molecular weight is 242 g/mol. The van der Waals surface area contributed by atoms with Gasteiger partial charge in [0, 0.05) is 17.6 Å². The van der Waals surface area contributed by atoms with E-state index in [2.05, 4.69) is 4.98 Å². The number of benzene rings is 1. The highest BCUT2D eigenvalue weighted by Gasteiger charge is 2.08. The smallest absolute Gasteiger partial charge is 0.121 e. The molecule has 0 aliphatic rings. The fourth-order valence-corrected chi connectivity index (χ4v) is 1.87. The summed E-state index contributed by atoms with van der Waals surface area (Å²) in [5.41, 5.74) is 1.63. The molecule has 0 spiro atoms. The lowest BCUT2D eigenvalue weighted by Crippen LogP contribution is -1.88. The molecule has 0 saturated carbocycles. The molecule has 1 aromatic carbocycles. The first kappa shape index (κ1) is 10.5. The van der Waals surface area contributed by atoms with Crippen molar-refractivity contribution in [3.63, 3.8) is 0 Å². The molecule has 0 bridgehead atoms. The van der Waals surface area contributed by atoms with Crippen LogP contribution in [0.3, 0.4) is 0 Å². The van der Waals surface area contributed by atoms with Gasteiger partial charge in [-0.2, -0.15) is 0 Å². The second kappa shape index (κ2) is 3.87. The Bertz CT molecular complexity index is 525. The largest absolute Gasteiger partial charge is 0.497 e. The number of pyridine rings is 1. The third kappa shape index (κ3) is 1.75. The van der Waals surface area contributed by atoms with Gasteiger partial charge < -0.3 is 4.74 Å². The highest BCUT2D eigenvalue weighted by Crippen LogP contribution is 2.33. The molecule has 0 unspecified atom stereocenters. The molecule has 0 atom stereocenters. The molecule has 0 fully saturated rings. The SMILES string of the molecule is COc1cc(Cl)c2ncc(C)c(Cl)c2c1. The normalized spacial score (nSPS) is 10.7. The minimum Gasteiger partial charge on any atom is -0.497 e. The van der Waals surface area contributed by atoms with Crippen LogP contribution < -0.4 is 4.74 Å². The van der Waals surface area contributed by atoms with Gasteiger partial charge in [-0.1, -0.05) is 23.2 Å². The van der Waals surface area contributed by atoms with E-state index < -0.39 is 0 Å². The van der Waals surface area contributed by atoms with Crippen molar-refractivity contribution >= 4 is 34.1 Å². The number of halogens is 2. The molecule has 15 heavy (non-hydrogen) atoms. The second-order valence-electron chi connectivity index (χ2n) is 3.26. The van der Waals surface area contributed by atoms with Gasteiger partial charge in [0.2, 0.25) is 0 Å². The first-order chi connectivity index (χ1) is 7.13. The minimum absolute atomic E-state index is 0.547. The van der Waals surface area contributed by atoms with Crippen LogP contribution >= 0.6 is 23.2 Å². The maximum absolute atomic E-state index is 6.17. The van der Waals surface area contributed by atoms with Gasteiger partial charge in [0.1, 0.15) is 5.75 Å². The molecule has 0 aliphatic heterocycles. The molecule has 2 nitrogen and oxygen atoms in total. The number of rotatable bonds is 1. The third-order valence-corrected chi connectivity index (χ3v) is 3.03. The number of ether oxygens (including phenoxy) is 1. The maximum atomic E-state index is 6.17. The zero-order chi connectivity index (χ0) is 11.0. The second-order valence-corrected chi connectivity index (χ2v) is 4.05. The van der Waals surface area contributed by atoms with Crippen molar-refractivity contribution < 1.29 is 4.74 Å². The predicted octanol–water partition coefficient (Wildman–Crippen LogP) is 3.86. The number of aryl methyl sites for hydroxylation is 1. The molecule has 1 aromatic heterocycles. The third-order valence-electron chi connectivity index (χ3n) is 2.24. The van der Waals surface area contributed by atoms with Crippen LogP contribution in [-0.2, 0) is 0 Å². The molecular formula is C11H9Cl2NO. The summed E-state index contributed by atoms with van der Waals surface area (Å²) in [4.78, 5) is 4.24. The van der Waals surface area contributed by atoms with E-state index >= 15 is 0 Å². The van der Waals surface area contributed by atoms with Crippen molar-refractivity contribution in [1.82, 2.24) is 4.98 Å². The number of nitrogens with zero attached hydrogens (tertiary/aromatic N) is 1. The highest BCUT2D eigenvalue weighted by atomic mass is 35.5. The van der Waals surface area contributed by atoms with Crippen LogP contribution in [0.1, 0.15) is 5.56 Å². The van der Waals surface area contributed by atoms with Crippen LogP contribution in [0.5, 0.6) is 5.75 Å². The molecule has 1 heterocycles. The lowest BCUT2D eigenvalue weighted by Gasteiger charge is -2.07. The topological polar surface area (TPSA) is 22.1 Å². The average Bonchev–Trinajstić information content (AvgIpc) is 2.23. The summed E-state index contributed by atoms with van der Waals surface area (Å²) in [7, 11) is 1.59. The fraction of sp³-hybridized carbons (Fsp3) is 0.182. The van der Waals surface area contributed by atoms with Crippen molar-refractivity contribution in [2.45, 2.75) is 6.92 Å². The van der Waals surface area contributed by atoms with E-state index in [1.165, 1.54) is 0 Å². The lowest BCUT2D eigenvalue weighted by molar-refractivity contribution is 0.415. The van der Waals surface area contributed by atoms with Crippen molar-refractivity contribution in [2.75, 3.05) is 7.11 Å². The number of fused-ring (bicyclic) bond motifs is 1. The number of hydrogen-bond donors (Lipinski definition) is 0. The van der Waals surface area contributed by atoms with Gasteiger partial charge >= 0.3 is 0 Å². The van der Waals surface area contributed by atoms with Crippen LogP contribution in [0.2, 0.25) is 10.0 Å². The Hall–Kier alpha value is -0.990. The Morgan fingerprint density at radius 3 is 2.67 bits per heavy atom. The van der Waals surface area contributed by atoms with E-state index in [4.69, 9.17) is 27.9 Å². The van der Waals surface area contributed by atoms with Crippen LogP contribution in [0.25, 0.3) is 10.9 Å². The van der Waals surface area contributed by atoms with Gasteiger partial charge in [-0.3, -0.25) is 4.98 Å². The van der Waals surface area contributed by atoms with Crippen LogP contribution in [0.15, 0.2) is 18.3 Å². The van der Waals surface area contributed by atoms with Crippen LogP contribution in [-0.4, -0.2) is 12.1 Å². The summed E-state index contributed by atoms with van der Waals surface area (Å²) in [6.45, 7) is 1.90. The summed E-state index contributed by atoms with van der Waals surface area (Å²) in [5, 5.41) is 2.04. The number of aromatic nitrogens is 1. The zero-order valence-electron chi connectivity index (χ0n) is 8.34. The van der Waals surface area contributed by atoms with E-state index in [-0.39, 0.29) is 0 Å². The monoisotopic (exact) mass is 241 g/mol. The van der Waals surface area contributed by atoms with Crippen molar-refractivity contribution in [3.05, 3.63) is 33.9 Å². The van der Waals surface area contributed by atoms with Gasteiger partial charge in [-0.25, -0.2) is 0 Å². The van der Waals surface area contributed by atoms with Crippen molar-refractivity contribution in [1.29, 1.82) is 0 Å². The Kier molecular flexibility index (Phi) is 2.72. The van der Waals surface area contributed by atoms with E-state index in [1.54, 1.807) is 19.4 Å². The minimum atomic E-state index is 0.547. The quantitative estimate of drug-likeness (QED) is 0.757. The zero-order valence-corrected chi connectivity index (χ0v) is 9.86. The van der Waals surface area contributed by atoms with Gasteiger partial charge in [-0.15, -0.1) is 0 Å². The van der Waals surface area contributed by atoms with Gasteiger partial charge in [-0.05, 0) is 18.6 Å². The van der Waals surface area contributed by atoms with E-state index in [1.807, 2.05) is 13.0 Å². The Morgan fingerprint density at radius 1 is 1.27 bits per heavy atom. The number of hydrogen-bond acceptors (Lipinski definition) is 2. The molecular weight excluding hydrogens is 233 g/mol. The Balaban J connectivity index is 2.86. The van der Waals surface area contributed by atoms with Gasteiger partial charge in [0.15, 0.2) is 0 Å². The molecule has 0 N–H and O–H groups in total. The molecule has 4 heteroatoms. The molecule has 0 aliphatic carbocycles. The summed E-state index contributed by atoms with van der Waals surface area (Å²) in [5.74, 6) is 0.682. The summed E-state index contributed by atoms with van der Waals surface area (Å²) < 4.78 is 5.13. The highest BCUT2D eigenvalue weighted by molar-refractivity contribution is 6.39.